The lowest BCUT2D eigenvalue weighted by atomic mass is 10.1. The number of benzene rings is 2. The van der Waals surface area contributed by atoms with Crippen molar-refractivity contribution in [3.63, 3.8) is 0 Å². The number of hydrogen-bond donors (Lipinski definition) is 1. The second-order valence-corrected chi connectivity index (χ2v) is 8.55. The largest absolute Gasteiger partial charge is 0.383 e. The maximum Gasteiger partial charge on any atom is 0.249 e. The summed E-state index contributed by atoms with van der Waals surface area (Å²) >= 11 is 5.90. The fourth-order valence-corrected chi connectivity index (χ4v) is 3.45. The quantitative estimate of drug-likeness (QED) is 0.494. The summed E-state index contributed by atoms with van der Waals surface area (Å²) in [5.74, 6) is -2.27. The minimum Gasteiger partial charge on any atom is -0.383 e. The average molecular weight is 436 g/mol. The van der Waals surface area contributed by atoms with Crippen LogP contribution in [0.3, 0.4) is 0 Å². The number of anilines is 1. The van der Waals surface area contributed by atoms with Gasteiger partial charge in [-0.25, -0.2) is 26.9 Å². The van der Waals surface area contributed by atoms with E-state index in [1.807, 2.05) is 0 Å². The van der Waals surface area contributed by atoms with Crippen LogP contribution in [-0.4, -0.2) is 34.4 Å². The molecule has 2 aromatic carbocycles. The lowest BCUT2D eigenvalue weighted by Crippen LogP contribution is -2.06. The van der Waals surface area contributed by atoms with Gasteiger partial charge >= 0.3 is 0 Å². The first kappa shape index (κ1) is 19.2. The Kier molecular flexibility index (Phi) is 4.47. The average Bonchev–Trinajstić information content (AvgIpc) is 3.00. The van der Waals surface area contributed by atoms with Crippen LogP contribution in [0, 0.1) is 11.6 Å². The molecule has 0 bridgehead atoms. The molecular weight excluding hydrogens is 424 g/mol. The van der Waals surface area contributed by atoms with Crippen LogP contribution in [0.1, 0.15) is 0 Å². The molecule has 29 heavy (non-hydrogen) atoms. The number of rotatable bonds is 3. The number of halogens is 3. The van der Waals surface area contributed by atoms with Crippen molar-refractivity contribution in [1.29, 1.82) is 0 Å². The normalized spacial score (nSPS) is 11.9. The van der Waals surface area contributed by atoms with Crippen molar-refractivity contribution in [2.75, 3.05) is 12.0 Å². The molecule has 0 fully saturated rings. The van der Waals surface area contributed by atoms with E-state index in [9.17, 15) is 17.2 Å². The molecular formula is C18H12ClF2N5O2S. The lowest BCUT2D eigenvalue weighted by Gasteiger charge is -2.07. The van der Waals surface area contributed by atoms with Gasteiger partial charge in [0.15, 0.2) is 17.3 Å². The highest BCUT2D eigenvalue weighted by molar-refractivity contribution is 7.90. The molecule has 2 aromatic heterocycles. The van der Waals surface area contributed by atoms with Crippen LogP contribution < -0.4 is 5.73 Å². The van der Waals surface area contributed by atoms with E-state index in [0.29, 0.717) is 10.7 Å². The Bertz CT molecular complexity index is 1370. The maximum atomic E-state index is 14.5. The second kappa shape index (κ2) is 6.75. The monoisotopic (exact) mass is 435 g/mol. The van der Waals surface area contributed by atoms with Gasteiger partial charge < -0.3 is 5.73 Å². The number of aromatic nitrogens is 4. The molecule has 4 rings (SSSR count). The van der Waals surface area contributed by atoms with Crippen molar-refractivity contribution in [2.45, 2.75) is 5.16 Å². The first-order valence-electron chi connectivity index (χ1n) is 8.13. The van der Waals surface area contributed by atoms with Gasteiger partial charge in [0, 0.05) is 16.8 Å². The number of hydrogen-bond acceptors (Lipinski definition) is 6. The van der Waals surface area contributed by atoms with Crippen molar-refractivity contribution in [3.05, 3.63) is 59.1 Å². The fourth-order valence-electron chi connectivity index (χ4n) is 2.82. The number of nitrogens with zero attached hydrogens (tertiary/aromatic N) is 4. The summed E-state index contributed by atoms with van der Waals surface area (Å²) in [6.45, 7) is 0. The number of fused-ring (bicyclic) bond motifs is 1. The number of nitrogens with two attached hydrogens (primary N) is 1. The molecule has 2 heterocycles. The minimum absolute atomic E-state index is 0.0287. The summed E-state index contributed by atoms with van der Waals surface area (Å²) in [6.07, 6.45) is 0.902. The summed E-state index contributed by atoms with van der Waals surface area (Å²) in [6, 6.07) is 9.99. The van der Waals surface area contributed by atoms with E-state index in [1.54, 1.807) is 24.3 Å². The molecule has 0 amide bonds. The van der Waals surface area contributed by atoms with Gasteiger partial charge in [0.25, 0.3) is 0 Å². The van der Waals surface area contributed by atoms with E-state index in [-0.39, 0.29) is 28.1 Å². The molecule has 148 valence electrons. The third-order valence-electron chi connectivity index (χ3n) is 4.16. The molecule has 0 radical (unpaired) electrons. The van der Waals surface area contributed by atoms with Crippen LogP contribution in [0.2, 0.25) is 5.02 Å². The molecule has 4 aromatic rings. The minimum atomic E-state index is -3.87. The van der Waals surface area contributed by atoms with Gasteiger partial charge in [-0.3, -0.25) is 0 Å². The van der Waals surface area contributed by atoms with Gasteiger partial charge in [-0.2, -0.15) is 4.98 Å². The van der Waals surface area contributed by atoms with Crippen molar-refractivity contribution in [3.8, 4) is 16.9 Å². The highest BCUT2D eigenvalue weighted by atomic mass is 35.5. The SMILES string of the molecule is CS(=O)(=O)c1nc(-c2cccc(F)c2F)c2c(N)n(-c3ccc(Cl)cc3)nc2n1. The maximum absolute atomic E-state index is 14.5. The third-order valence-corrected chi connectivity index (χ3v) is 5.26. The van der Waals surface area contributed by atoms with E-state index in [1.165, 1.54) is 16.8 Å². The topological polar surface area (TPSA) is 104 Å². The number of nitrogen functional groups attached to an aromatic ring is 1. The van der Waals surface area contributed by atoms with E-state index in [4.69, 9.17) is 17.3 Å². The number of sulfone groups is 1. The Labute approximate surface area is 168 Å². The van der Waals surface area contributed by atoms with E-state index < -0.39 is 26.6 Å². The molecule has 0 saturated carbocycles. The van der Waals surface area contributed by atoms with E-state index >= 15 is 0 Å². The molecule has 0 unspecified atom stereocenters. The highest BCUT2D eigenvalue weighted by Gasteiger charge is 2.24. The van der Waals surface area contributed by atoms with Crippen molar-refractivity contribution in [1.82, 2.24) is 19.7 Å². The van der Waals surface area contributed by atoms with Crippen LogP contribution >= 0.6 is 11.6 Å². The van der Waals surface area contributed by atoms with Gasteiger partial charge in [-0.1, -0.05) is 17.7 Å². The first-order valence-corrected chi connectivity index (χ1v) is 10.4. The predicted octanol–water partition coefficient (Wildman–Crippen LogP) is 3.40. The van der Waals surface area contributed by atoms with Crippen LogP contribution in [0.5, 0.6) is 0 Å². The van der Waals surface area contributed by atoms with E-state index in [0.717, 1.165) is 12.3 Å². The molecule has 0 aliphatic rings. The second-order valence-electron chi connectivity index (χ2n) is 6.20. The third kappa shape index (κ3) is 3.30. The Hall–Kier alpha value is -3.11. The zero-order valence-electron chi connectivity index (χ0n) is 14.8. The summed E-state index contributed by atoms with van der Waals surface area (Å²) in [7, 11) is -3.87. The Morgan fingerprint density at radius 1 is 1.07 bits per heavy atom. The van der Waals surface area contributed by atoms with Gasteiger partial charge in [-0.15, -0.1) is 5.10 Å². The van der Waals surface area contributed by atoms with E-state index in [2.05, 4.69) is 15.1 Å². The summed E-state index contributed by atoms with van der Waals surface area (Å²) in [4.78, 5) is 7.92. The Morgan fingerprint density at radius 3 is 2.41 bits per heavy atom. The summed E-state index contributed by atoms with van der Waals surface area (Å²) in [5, 5.41) is 4.25. The Morgan fingerprint density at radius 2 is 1.76 bits per heavy atom. The van der Waals surface area contributed by atoms with Gasteiger partial charge in [-0.05, 0) is 36.4 Å². The Balaban J connectivity index is 2.10. The standard InChI is InChI=1S/C18H12ClF2N5O2S/c1-29(27,28)18-23-15(11-3-2-4-12(20)14(11)21)13-16(22)26(25-17(13)24-18)10-7-5-9(19)6-8-10/h2-8H,22H2,1H3. The van der Waals surface area contributed by atoms with Crippen molar-refractivity contribution < 1.29 is 17.2 Å². The van der Waals surface area contributed by atoms with Crippen LogP contribution in [0.4, 0.5) is 14.6 Å². The molecule has 0 saturated heterocycles. The smallest absolute Gasteiger partial charge is 0.249 e. The lowest BCUT2D eigenvalue weighted by molar-refractivity contribution is 0.511. The van der Waals surface area contributed by atoms with Crippen molar-refractivity contribution in [2.24, 2.45) is 0 Å². The zero-order valence-corrected chi connectivity index (χ0v) is 16.3. The molecule has 0 atom stereocenters. The fraction of sp³-hybridized carbons (Fsp3) is 0.0556. The van der Waals surface area contributed by atoms with Gasteiger partial charge in [0.2, 0.25) is 15.0 Å². The van der Waals surface area contributed by atoms with Crippen LogP contribution in [0.25, 0.3) is 28.0 Å². The van der Waals surface area contributed by atoms with Crippen LogP contribution in [-0.2, 0) is 9.84 Å². The predicted molar refractivity (Wildman–Crippen MR) is 105 cm³/mol. The molecule has 7 nitrogen and oxygen atoms in total. The molecule has 0 aliphatic heterocycles. The van der Waals surface area contributed by atoms with Gasteiger partial charge in [0.1, 0.15) is 5.82 Å². The van der Waals surface area contributed by atoms with Crippen LogP contribution in [0.15, 0.2) is 47.6 Å². The first-order chi connectivity index (χ1) is 13.7. The summed E-state index contributed by atoms with van der Waals surface area (Å²) < 4.78 is 53.7. The summed E-state index contributed by atoms with van der Waals surface area (Å²) in [5.41, 5.74) is 6.21. The van der Waals surface area contributed by atoms with Crippen molar-refractivity contribution >= 4 is 38.3 Å². The van der Waals surface area contributed by atoms with Gasteiger partial charge in [0.05, 0.1) is 16.8 Å². The molecule has 0 spiro atoms. The molecule has 2 N–H and O–H groups in total. The zero-order chi connectivity index (χ0) is 20.9. The molecule has 0 aliphatic carbocycles. The highest BCUT2D eigenvalue weighted by Crippen LogP contribution is 2.34. The molecule has 11 heteroatoms.